The molecule has 1 N–H and O–H groups in total. The Bertz CT molecular complexity index is 610. The van der Waals surface area contributed by atoms with E-state index in [1.54, 1.807) is 14.0 Å². The van der Waals surface area contributed by atoms with E-state index in [1.165, 1.54) is 0 Å². The molecular weight excluding hydrogens is 236 g/mol. The van der Waals surface area contributed by atoms with Crippen molar-refractivity contribution in [2.45, 2.75) is 13.8 Å². The first kappa shape index (κ1) is 11.9. The molecule has 1 heterocycles. The van der Waals surface area contributed by atoms with Crippen molar-refractivity contribution in [2.24, 2.45) is 4.99 Å². The molecule has 0 aromatic heterocycles. The maximum atomic E-state index is 12.0. The highest BCUT2D eigenvalue weighted by atomic mass is 32.2. The third-order valence-corrected chi connectivity index (χ3v) is 4.27. The van der Waals surface area contributed by atoms with Gasteiger partial charge in [0.25, 0.3) is 10.0 Å². The molecular formula is C12H14N2O2S. The molecule has 0 saturated heterocycles. The van der Waals surface area contributed by atoms with E-state index in [9.17, 15) is 8.42 Å². The van der Waals surface area contributed by atoms with Crippen molar-refractivity contribution in [1.82, 2.24) is 4.72 Å². The van der Waals surface area contributed by atoms with E-state index in [4.69, 9.17) is 0 Å². The number of aryl methyl sites for hydroxylation is 1. The summed E-state index contributed by atoms with van der Waals surface area (Å²) in [6.07, 6.45) is 0. The number of hydrogen-bond donors (Lipinski definition) is 1. The van der Waals surface area contributed by atoms with Crippen LogP contribution in [0.15, 0.2) is 34.8 Å². The molecule has 0 radical (unpaired) electrons. The zero-order valence-electron chi connectivity index (χ0n) is 9.98. The van der Waals surface area contributed by atoms with Crippen LogP contribution in [0, 0.1) is 6.92 Å². The van der Waals surface area contributed by atoms with Crippen LogP contribution in [0.3, 0.4) is 0 Å². The van der Waals surface area contributed by atoms with E-state index in [2.05, 4.69) is 9.71 Å². The highest BCUT2D eigenvalue weighted by molar-refractivity contribution is 8.00. The second-order valence-corrected chi connectivity index (χ2v) is 5.62. The molecule has 0 amide bonds. The number of sulfonamides is 1. The second kappa shape index (κ2) is 4.00. The van der Waals surface area contributed by atoms with Crippen LogP contribution in [-0.4, -0.2) is 21.3 Å². The van der Waals surface area contributed by atoms with Gasteiger partial charge in [-0.1, -0.05) is 29.8 Å². The van der Waals surface area contributed by atoms with E-state index in [0.29, 0.717) is 21.9 Å². The fourth-order valence-corrected chi connectivity index (χ4v) is 3.40. The van der Waals surface area contributed by atoms with Gasteiger partial charge in [0, 0.05) is 12.6 Å². The average molecular weight is 250 g/mol. The fraction of sp³-hybridized carbons (Fsp3) is 0.250. The minimum absolute atomic E-state index is 0.318. The largest absolute Gasteiger partial charge is 0.271 e. The predicted octanol–water partition coefficient (Wildman–Crippen LogP) is 1.69. The summed E-state index contributed by atoms with van der Waals surface area (Å²) in [4.78, 5) is 4.24. The zero-order chi connectivity index (χ0) is 12.6. The fourth-order valence-electron chi connectivity index (χ4n) is 1.85. The van der Waals surface area contributed by atoms with Crippen LogP contribution in [0.2, 0.25) is 0 Å². The van der Waals surface area contributed by atoms with Gasteiger partial charge in [0.15, 0.2) is 0 Å². The second-order valence-electron chi connectivity index (χ2n) is 4.00. The SMILES string of the molecule is CN=C1NS(=O)(=O)C(c2ccc(C)cc2)=C1C. The Morgan fingerprint density at radius 1 is 1.12 bits per heavy atom. The van der Waals surface area contributed by atoms with Crippen LogP contribution in [0.25, 0.3) is 4.91 Å². The van der Waals surface area contributed by atoms with E-state index >= 15 is 0 Å². The zero-order valence-corrected chi connectivity index (χ0v) is 10.8. The maximum absolute atomic E-state index is 12.0. The van der Waals surface area contributed by atoms with Gasteiger partial charge in [-0.15, -0.1) is 0 Å². The Labute approximate surface area is 101 Å². The Balaban J connectivity index is 2.64. The first-order valence-electron chi connectivity index (χ1n) is 5.23. The maximum Gasteiger partial charge on any atom is 0.264 e. The predicted molar refractivity (Wildman–Crippen MR) is 69.2 cm³/mol. The Morgan fingerprint density at radius 2 is 1.71 bits per heavy atom. The molecule has 0 spiro atoms. The lowest BCUT2D eigenvalue weighted by Gasteiger charge is -2.03. The van der Waals surface area contributed by atoms with Gasteiger partial charge in [-0.25, -0.2) is 8.42 Å². The summed E-state index contributed by atoms with van der Waals surface area (Å²) >= 11 is 0. The van der Waals surface area contributed by atoms with Crippen molar-refractivity contribution in [3.63, 3.8) is 0 Å². The molecule has 0 fully saturated rings. The van der Waals surface area contributed by atoms with Gasteiger partial charge in [0.05, 0.1) is 0 Å². The number of amidine groups is 1. The Hall–Kier alpha value is -1.62. The first-order valence-corrected chi connectivity index (χ1v) is 6.72. The van der Waals surface area contributed by atoms with Gasteiger partial charge in [-0.2, -0.15) is 0 Å². The molecule has 4 nitrogen and oxygen atoms in total. The Kier molecular flexibility index (Phi) is 2.79. The lowest BCUT2D eigenvalue weighted by molar-refractivity contribution is 0.603. The summed E-state index contributed by atoms with van der Waals surface area (Å²) in [6.45, 7) is 3.72. The number of benzene rings is 1. The average Bonchev–Trinajstić information content (AvgIpc) is 2.51. The molecule has 0 bridgehead atoms. The molecule has 0 aliphatic carbocycles. The van der Waals surface area contributed by atoms with Crippen LogP contribution in [0.4, 0.5) is 0 Å². The number of aliphatic imine (C=N–C) groups is 1. The van der Waals surface area contributed by atoms with Crippen LogP contribution < -0.4 is 4.72 Å². The molecule has 0 unspecified atom stereocenters. The lowest BCUT2D eigenvalue weighted by atomic mass is 10.1. The topological polar surface area (TPSA) is 58.5 Å². The first-order chi connectivity index (χ1) is 7.95. The van der Waals surface area contributed by atoms with Crippen molar-refractivity contribution in [3.05, 3.63) is 41.0 Å². The van der Waals surface area contributed by atoms with Crippen molar-refractivity contribution in [3.8, 4) is 0 Å². The molecule has 1 aromatic carbocycles. The van der Waals surface area contributed by atoms with Crippen molar-refractivity contribution >= 4 is 20.8 Å². The van der Waals surface area contributed by atoms with Gasteiger partial charge in [-0.05, 0) is 19.4 Å². The molecule has 5 heteroatoms. The third-order valence-electron chi connectivity index (χ3n) is 2.73. The quantitative estimate of drug-likeness (QED) is 0.824. The Morgan fingerprint density at radius 3 is 2.18 bits per heavy atom. The molecule has 1 aliphatic rings. The number of hydrogen-bond acceptors (Lipinski definition) is 3. The number of rotatable bonds is 1. The number of nitrogens with one attached hydrogen (secondary N) is 1. The molecule has 1 aliphatic heterocycles. The molecule has 0 atom stereocenters. The van der Waals surface area contributed by atoms with Crippen LogP contribution >= 0.6 is 0 Å². The van der Waals surface area contributed by atoms with E-state index in [1.807, 2.05) is 31.2 Å². The summed E-state index contributed by atoms with van der Waals surface area (Å²) in [7, 11) is -1.90. The normalized spacial score (nSPS) is 20.8. The summed E-state index contributed by atoms with van der Waals surface area (Å²) < 4.78 is 26.4. The summed E-state index contributed by atoms with van der Waals surface area (Å²) in [5, 5.41) is 0. The van der Waals surface area contributed by atoms with Gasteiger partial charge in [-0.3, -0.25) is 9.71 Å². The van der Waals surface area contributed by atoms with Crippen LogP contribution in [0.5, 0.6) is 0 Å². The molecule has 2 rings (SSSR count). The van der Waals surface area contributed by atoms with Gasteiger partial charge in [0.1, 0.15) is 10.7 Å². The van der Waals surface area contributed by atoms with Crippen molar-refractivity contribution in [2.75, 3.05) is 7.05 Å². The molecule has 0 saturated carbocycles. The molecule has 90 valence electrons. The smallest absolute Gasteiger partial charge is 0.264 e. The molecule has 17 heavy (non-hydrogen) atoms. The minimum atomic E-state index is -3.46. The highest BCUT2D eigenvalue weighted by Gasteiger charge is 2.32. The highest BCUT2D eigenvalue weighted by Crippen LogP contribution is 2.29. The van der Waals surface area contributed by atoms with Gasteiger partial charge >= 0.3 is 0 Å². The van der Waals surface area contributed by atoms with E-state index in [-0.39, 0.29) is 0 Å². The number of nitrogens with zero attached hydrogens (tertiary/aromatic N) is 1. The minimum Gasteiger partial charge on any atom is -0.271 e. The van der Waals surface area contributed by atoms with Crippen molar-refractivity contribution < 1.29 is 8.42 Å². The van der Waals surface area contributed by atoms with E-state index < -0.39 is 10.0 Å². The third kappa shape index (κ3) is 1.98. The summed E-state index contributed by atoms with van der Waals surface area (Å²) in [5.74, 6) is 0.417. The monoisotopic (exact) mass is 250 g/mol. The van der Waals surface area contributed by atoms with Gasteiger partial charge < -0.3 is 0 Å². The molecule has 1 aromatic rings. The van der Waals surface area contributed by atoms with E-state index in [0.717, 1.165) is 5.56 Å². The van der Waals surface area contributed by atoms with Crippen LogP contribution in [-0.2, 0) is 10.0 Å². The lowest BCUT2D eigenvalue weighted by Crippen LogP contribution is -2.23. The van der Waals surface area contributed by atoms with Crippen molar-refractivity contribution in [1.29, 1.82) is 0 Å². The van der Waals surface area contributed by atoms with Crippen LogP contribution in [0.1, 0.15) is 18.1 Å². The van der Waals surface area contributed by atoms with Gasteiger partial charge in [0.2, 0.25) is 0 Å². The standard InChI is InChI=1S/C12H14N2O2S/c1-8-4-6-10(7-5-8)11-9(2)12(13-3)14-17(11,15)16/h4-7H,1-3H3,(H,13,14). The summed E-state index contributed by atoms with van der Waals surface area (Å²) in [5.41, 5.74) is 2.45. The summed E-state index contributed by atoms with van der Waals surface area (Å²) in [6, 6.07) is 7.41.